The van der Waals surface area contributed by atoms with E-state index in [0.29, 0.717) is 13.2 Å². The van der Waals surface area contributed by atoms with Gasteiger partial charge in [0.15, 0.2) is 0 Å². The molecule has 0 saturated carbocycles. The summed E-state index contributed by atoms with van der Waals surface area (Å²) < 4.78 is 5.77. The molecule has 1 aliphatic rings. The van der Waals surface area contributed by atoms with Gasteiger partial charge in [-0.2, -0.15) is 0 Å². The van der Waals surface area contributed by atoms with Gasteiger partial charge in [-0.15, -0.1) is 0 Å². The zero-order valence-corrected chi connectivity index (χ0v) is 13.7. The van der Waals surface area contributed by atoms with E-state index in [0.717, 1.165) is 18.7 Å². The molecule has 1 unspecified atom stereocenters. The molecule has 0 aromatic heterocycles. The first kappa shape index (κ1) is 16.0. The smallest absolute Gasteiger partial charge is 0.119 e. The van der Waals surface area contributed by atoms with Gasteiger partial charge in [0, 0.05) is 13.1 Å². The van der Waals surface area contributed by atoms with Crippen molar-refractivity contribution in [1.82, 2.24) is 4.90 Å². The Morgan fingerprint density at radius 3 is 2.70 bits per heavy atom. The highest BCUT2D eigenvalue weighted by atomic mass is 16.5. The maximum Gasteiger partial charge on any atom is 0.119 e. The van der Waals surface area contributed by atoms with Crippen molar-refractivity contribution in [1.29, 1.82) is 0 Å². The number of aliphatic hydroxyl groups is 1. The van der Waals surface area contributed by atoms with E-state index in [1.807, 2.05) is 31.3 Å². The maximum absolute atomic E-state index is 10.2. The molecule has 23 heavy (non-hydrogen) atoms. The van der Waals surface area contributed by atoms with Gasteiger partial charge < -0.3 is 9.84 Å². The van der Waals surface area contributed by atoms with Gasteiger partial charge in [0.25, 0.3) is 0 Å². The summed E-state index contributed by atoms with van der Waals surface area (Å²) in [6.07, 6.45) is 3.08. The number of likely N-dealkylation sites (N-methyl/N-ethyl adjacent to an activating group) is 1. The molecule has 2 aromatic carbocycles. The van der Waals surface area contributed by atoms with Gasteiger partial charge in [-0.3, -0.25) is 4.90 Å². The third kappa shape index (κ3) is 4.57. The molecule has 2 aromatic rings. The summed E-state index contributed by atoms with van der Waals surface area (Å²) in [6.45, 7) is 1.76. The van der Waals surface area contributed by atoms with Crippen LogP contribution in [0.4, 0.5) is 0 Å². The summed E-state index contributed by atoms with van der Waals surface area (Å²) in [5.41, 5.74) is 4.10. The number of rotatable bonds is 7. The Bertz CT molecular complexity index is 627. The van der Waals surface area contributed by atoms with Gasteiger partial charge in [0.05, 0.1) is 0 Å². The van der Waals surface area contributed by atoms with Crippen LogP contribution in [0.3, 0.4) is 0 Å². The van der Waals surface area contributed by atoms with Crippen molar-refractivity contribution in [2.24, 2.45) is 0 Å². The fraction of sp³-hybridized carbons (Fsp3) is 0.400. The molecule has 1 atom stereocenters. The molecule has 0 fully saturated rings. The van der Waals surface area contributed by atoms with Crippen molar-refractivity contribution in [3.8, 4) is 5.75 Å². The molecule has 0 amide bonds. The second-order valence-electron chi connectivity index (χ2n) is 6.43. The summed E-state index contributed by atoms with van der Waals surface area (Å²) >= 11 is 0. The molecule has 3 nitrogen and oxygen atoms in total. The van der Waals surface area contributed by atoms with Gasteiger partial charge >= 0.3 is 0 Å². The number of benzene rings is 2. The van der Waals surface area contributed by atoms with Crippen LogP contribution in [-0.2, 0) is 19.4 Å². The standard InChI is InChI=1S/C20H25NO2/c1-21(13-16-6-3-2-4-7-16)14-19(22)15-23-20-11-10-17-8-5-9-18(17)12-20/h2-4,6-7,10-12,19,22H,5,8-9,13-15H2,1H3. The summed E-state index contributed by atoms with van der Waals surface area (Å²) in [7, 11) is 2.02. The third-order valence-electron chi connectivity index (χ3n) is 4.33. The van der Waals surface area contributed by atoms with E-state index in [9.17, 15) is 5.11 Å². The van der Waals surface area contributed by atoms with Crippen LogP contribution >= 0.6 is 0 Å². The van der Waals surface area contributed by atoms with Gasteiger partial charge in [-0.1, -0.05) is 36.4 Å². The molecule has 1 N–H and O–H groups in total. The largest absolute Gasteiger partial charge is 0.491 e. The fourth-order valence-electron chi connectivity index (χ4n) is 3.20. The van der Waals surface area contributed by atoms with Crippen molar-refractivity contribution in [2.75, 3.05) is 20.2 Å². The van der Waals surface area contributed by atoms with E-state index in [2.05, 4.69) is 29.2 Å². The van der Waals surface area contributed by atoms with Crippen LogP contribution in [0.2, 0.25) is 0 Å². The first-order valence-electron chi connectivity index (χ1n) is 8.36. The Kier molecular flexibility index (Phi) is 5.31. The molecule has 0 aliphatic heterocycles. The van der Waals surface area contributed by atoms with E-state index in [1.54, 1.807) is 0 Å². The normalized spacial score (nSPS) is 14.7. The lowest BCUT2D eigenvalue weighted by Gasteiger charge is -2.21. The minimum absolute atomic E-state index is 0.331. The van der Waals surface area contributed by atoms with Crippen LogP contribution in [-0.4, -0.2) is 36.3 Å². The quantitative estimate of drug-likeness (QED) is 0.853. The highest BCUT2D eigenvalue weighted by Gasteiger charge is 2.13. The Morgan fingerprint density at radius 2 is 1.87 bits per heavy atom. The number of aryl methyl sites for hydroxylation is 2. The van der Waals surface area contributed by atoms with Gasteiger partial charge in [-0.05, 0) is 55.1 Å². The highest BCUT2D eigenvalue weighted by molar-refractivity contribution is 5.38. The van der Waals surface area contributed by atoms with Crippen molar-refractivity contribution < 1.29 is 9.84 Å². The topological polar surface area (TPSA) is 32.7 Å². The number of hydrogen-bond acceptors (Lipinski definition) is 3. The van der Waals surface area contributed by atoms with E-state index >= 15 is 0 Å². The molecular weight excluding hydrogens is 286 g/mol. The summed E-state index contributed by atoms with van der Waals surface area (Å²) in [6, 6.07) is 16.6. The van der Waals surface area contributed by atoms with Crippen LogP contribution < -0.4 is 4.74 Å². The van der Waals surface area contributed by atoms with E-state index in [-0.39, 0.29) is 0 Å². The van der Waals surface area contributed by atoms with Crippen LogP contribution in [0.5, 0.6) is 5.75 Å². The molecule has 0 spiro atoms. The van der Waals surface area contributed by atoms with E-state index in [1.165, 1.54) is 29.5 Å². The van der Waals surface area contributed by atoms with Crippen LogP contribution in [0.25, 0.3) is 0 Å². The van der Waals surface area contributed by atoms with Crippen molar-refractivity contribution in [2.45, 2.75) is 31.9 Å². The Balaban J connectivity index is 1.45. The number of hydrogen-bond donors (Lipinski definition) is 1. The van der Waals surface area contributed by atoms with Gasteiger partial charge in [0.2, 0.25) is 0 Å². The highest BCUT2D eigenvalue weighted by Crippen LogP contribution is 2.26. The first-order chi connectivity index (χ1) is 11.2. The van der Waals surface area contributed by atoms with Crippen LogP contribution in [0.1, 0.15) is 23.1 Å². The second kappa shape index (κ2) is 7.62. The molecule has 3 heteroatoms. The van der Waals surface area contributed by atoms with Crippen molar-refractivity contribution in [3.05, 3.63) is 65.2 Å². The molecule has 0 bridgehead atoms. The second-order valence-corrected chi connectivity index (χ2v) is 6.43. The number of fused-ring (bicyclic) bond motifs is 1. The predicted octanol–water partition coefficient (Wildman–Crippen LogP) is 3.05. The van der Waals surface area contributed by atoms with E-state index in [4.69, 9.17) is 4.74 Å². The molecule has 0 radical (unpaired) electrons. The fourth-order valence-corrected chi connectivity index (χ4v) is 3.20. The molecule has 0 saturated heterocycles. The lowest BCUT2D eigenvalue weighted by Crippen LogP contribution is -2.32. The minimum atomic E-state index is -0.489. The van der Waals surface area contributed by atoms with Gasteiger partial charge in [-0.25, -0.2) is 0 Å². The molecule has 1 aliphatic carbocycles. The lowest BCUT2D eigenvalue weighted by molar-refractivity contribution is 0.0743. The van der Waals surface area contributed by atoms with E-state index < -0.39 is 6.10 Å². The number of ether oxygens (including phenoxy) is 1. The monoisotopic (exact) mass is 311 g/mol. The molecular formula is C20H25NO2. The number of nitrogens with zero attached hydrogens (tertiary/aromatic N) is 1. The Hall–Kier alpha value is -1.84. The summed E-state index contributed by atoms with van der Waals surface area (Å²) in [5.74, 6) is 0.871. The van der Waals surface area contributed by atoms with Crippen molar-refractivity contribution in [3.63, 3.8) is 0 Å². The third-order valence-corrected chi connectivity index (χ3v) is 4.33. The van der Waals surface area contributed by atoms with Crippen molar-refractivity contribution >= 4 is 0 Å². The first-order valence-corrected chi connectivity index (χ1v) is 8.36. The predicted molar refractivity (Wildman–Crippen MR) is 92.7 cm³/mol. The number of aliphatic hydroxyl groups excluding tert-OH is 1. The average Bonchev–Trinajstić information content (AvgIpc) is 3.01. The maximum atomic E-state index is 10.2. The lowest BCUT2D eigenvalue weighted by atomic mass is 10.1. The SMILES string of the molecule is CN(Cc1ccccc1)CC(O)COc1ccc2c(c1)CCC2. The molecule has 122 valence electrons. The average molecular weight is 311 g/mol. The minimum Gasteiger partial charge on any atom is -0.491 e. The molecule has 0 heterocycles. The Morgan fingerprint density at radius 1 is 1.09 bits per heavy atom. The summed E-state index contributed by atoms with van der Waals surface area (Å²) in [5, 5.41) is 10.2. The Labute approximate surface area is 138 Å². The zero-order valence-electron chi connectivity index (χ0n) is 13.7. The molecule has 3 rings (SSSR count). The van der Waals surface area contributed by atoms with Crippen LogP contribution in [0, 0.1) is 0 Å². The zero-order chi connectivity index (χ0) is 16.1. The van der Waals surface area contributed by atoms with Gasteiger partial charge in [0.1, 0.15) is 18.5 Å². The van der Waals surface area contributed by atoms with Crippen LogP contribution in [0.15, 0.2) is 48.5 Å². The summed E-state index contributed by atoms with van der Waals surface area (Å²) in [4.78, 5) is 2.12.